The van der Waals surface area contributed by atoms with Crippen LogP contribution in [0.15, 0.2) is 127 Å². The molecular formula is C41H45HfN3O. The molecule has 1 unspecified atom stereocenters. The molecule has 1 aliphatic heterocycles. The van der Waals surface area contributed by atoms with Crippen molar-refractivity contribution in [2.24, 2.45) is 0 Å². The van der Waals surface area contributed by atoms with E-state index in [2.05, 4.69) is 59.0 Å². The van der Waals surface area contributed by atoms with E-state index in [1.807, 2.05) is 120 Å². The molecule has 1 N–H and O–H groups in total. The van der Waals surface area contributed by atoms with E-state index in [4.69, 9.17) is 4.74 Å². The summed E-state index contributed by atoms with van der Waals surface area (Å²) in [4.78, 5) is 1.99. The monoisotopic (exact) mass is 775 g/mol. The molecule has 1 aliphatic rings. The van der Waals surface area contributed by atoms with Gasteiger partial charge < -0.3 is 20.4 Å². The van der Waals surface area contributed by atoms with Crippen LogP contribution >= 0.6 is 0 Å². The van der Waals surface area contributed by atoms with Crippen LogP contribution in [0.5, 0.6) is 0 Å². The molecule has 234 valence electrons. The van der Waals surface area contributed by atoms with Crippen molar-refractivity contribution in [2.75, 3.05) is 18.6 Å². The molecular weight excluding hydrogens is 729 g/mol. The Labute approximate surface area is 296 Å². The van der Waals surface area contributed by atoms with Crippen LogP contribution in [0, 0.1) is 41.5 Å². The Morgan fingerprint density at radius 1 is 0.696 bits per heavy atom. The summed E-state index contributed by atoms with van der Waals surface area (Å²) < 4.78 is 5.33. The normalized spacial score (nSPS) is 12.9. The van der Waals surface area contributed by atoms with Gasteiger partial charge in [0.2, 0.25) is 0 Å². The predicted octanol–water partition coefficient (Wildman–Crippen LogP) is 9.44. The van der Waals surface area contributed by atoms with Crippen LogP contribution in [0.4, 0.5) is 5.69 Å². The zero-order chi connectivity index (χ0) is 32.6. The van der Waals surface area contributed by atoms with Gasteiger partial charge in [-0.25, -0.2) is 0 Å². The number of rotatable bonds is 4. The van der Waals surface area contributed by atoms with Crippen molar-refractivity contribution in [2.45, 2.75) is 33.4 Å². The first kappa shape index (κ1) is 38.0. The van der Waals surface area contributed by atoms with Crippen LogP contribution in [-0.4, -0.2) is 19.6 Å². The van der Waals surface area contributed by atoms with Crippen molar-refractivity contribution >= 4 is 11.6 Å². The molecule has 0 amide bonds. The van der Waals surface area contributed by atoms with Gasteiger partial charge in [0, 0.05) is 19.1 Å². The van der Waals surface area contributed by atoms with E-state index in [9.17, 15) is 5.41 Å². The third kappa shape index (κ3) is 12.0. The second-order valence-corrected chi connectivity index (χ2v) is 10.9. The van der Waals surface area contributed by atoms with E-state index in [0.717, 1.165) is 27.9 Å². The maximum absolute atomic E-state index is 10.5. The second-order valence-electron chi connectivity index (χ2n) is 10.9. The summed E-state index contributed by atoms with van der Waals surface area (Å²) in [5.41, 5.74) is 10.3. The third-order valence-electron chi connectivity index (χ3n) is 7.14. The van der Waals surface area contributed by atoms with Gasteiger partial charge in [0.05, 0.1) is 6.61 Å². The minimum Gasteiger partial charge on any atom is -0.438 e. The summed E-state index contributed by atoms with van der Waals surface area (Å²) in [6.07, 6.45) is 0. The Balaban J connectivity index is 0.000000270. The number of guanidine groups is 1. The fraction of sp³-hybridized carbons (Fsp3) is 0.171. The Morgan fingerprint density at radius 2 is 1.11 bits per heavy atom. The molecule has 0 saturated carbocycles. The molecule has 0 aliphatic carbocycles. The molecule has 0 spiro atoms. The Kier molecular flexibility index (Phi) is 16.6. The zero-order valence-electron chi connectivity index (χ0n) is 27.5. The zero-order valence-corrected chi connectivity index (χ0v) is 31.1. The van der Waals surface area contributed by atoms with E-state index in [1.165, 1.54) is 22.3 Å². The summed E-state index contributed by atoms with van der Waals surface area (Å²) in [7, 11) is 1.69. The van der Waals surface area contributed by atoms with Gasteiger partial charge in [0.15, 0.2) is 0 Å². The van der Waals surface area contributed by atoms with E-state index in [0.29, 0.717) is 13.2 Å². The standard InChI is InChI=1S/C20H24N3O.3C7H7.Hf/c1-13-9-14(2)19(15(3)10-13)18-11-22-20(21)23(18)17-8-6-5-7-16(17)12-24-4;3*1-7-5-3-2-4-6-7;/h5-10,18H,11-12H2,1-4H3,(H-,21,22);3*2-6H,1H2;/q4*-1;+4. The van der Waals surface area contributed by atoms with Gasteiger partial charge in [0.1, 0.15) is 0 Å². The first-order valence-corrected chi connectivity index (χ1v) is 15.1. The smallest absolute Gasteiger partial charge is 0.438 e. The molecule has 6 rings (SSSR count). The van der Waals surface area contributed by atoms with Crippen LogP contribution in [-0.2, 0) is 37.2 Å². The topological polar surface area (TPSA) is 46.8 Å². The number of para-hydroxylation sites is 1. The van der Waals surface area contributed by atoms with Gasteiger partial charge in [-0.1, -0.05) is 60.2 Å². The number of nitrogens with one attached hydrogen (secondary N) is 1. The molecule has 5 aromatic rings. The van der Waals surface area contributed by atoms with E-state index in [1.54, 1.807) is 7.11 Å². The number of hydrogen-bond donors (Lipinski definition) is 1. The molecule has 5 heteroatoms. The van der Waals surface area contributed by atoms with Gasteiger partial charge in [-0.3, -0.25) is 0 Å². The first-order valence-electron chi connectivity index (χ1n) is 15.1. The first-order chi connectivity index (χ1) is 21.7. The number of methoxy groups -OCH3 is 1. The quantitative estimate of drug-likeness (QED) is 0.146. The fourth-order valence-electron chi connectivity index (χ4n) is 5.20. The van der Waals surface area contributed by atoms with Crippen molar-refractivity contribution in [1.29, 1.82) is 0 Å². The Bertz CT molecular complexity index is 1480. The third-order valence-corrected chi connectivity index (χ3v) is 7.14. The van der Waals surface area contributed by atoms with Crippen molar-refractivity contribution < 1.29 is 30.6 Å². The van der Waals surface area contributed by atoms with Crippen LogP contribution in [0.3, 0.4) is 0 Å². The van der Waals surface area contributed by atoms with Crippen LogP contribution in [0.25, 0.3) is 5.41 Å². The van der Waals surface area contributed by atoms with E-state index in [-0.39, 0.29) is 37.8 Å². The minimum absolute atomic E-state index is 0. The number of benzene rings is 5. The second kappa shape index (κ2) is 20.0. The molecule has 0 bridgehead atoms. The predicted molar refractivity (Wildman–Crippen MR) is 192 cm³/mol. The average Bonchev–Trinajstić information content (AvgIpc) is 3.39. The maximum Gasteiger partial charge on any atom is 4.00 e. The minimum atomic E-state index is 0. The van der Waals surface area contributed by atoms with Gasteiger partial charge in [-0.05, 0) is 55.3 Å². The van der Waals surface area contributed by atoms with Crippen molar-refractivity contribution in [3.05, 3.63) is 198 Å². The SMILES string of the molecule is COCc1ccccc1N1C(=[N-])NCC1c1c(C)cc(C)cc1C.[CH2-]c1ccccc1.[CH2-]c1ccccc1.[CH2-]c1ccccc1.[Hf+4]. The maximum atomic E-state index is 10.5. The summed E-state index contributed by atoms with van der Waals surface area (Å²) in [6, 6.07) is 42.1. The number of aryl methyl sites for hydroxylation is 3. The van der Waals surface area contributed by atoms with Crippen LogP contribution < -0.4 is 10.2 Å². The van der Waals surface area contributed by atoms with Crippen molar-refractivity contribution in [3.63, 3.8) is 0 Å². The molecule has 5 aromatic carbocycles. The summed E-state index contributed by atoms with van der Waals surface area (Å²) >= 11 is 0. The number of nitrogens with zero attached hydrogens (tertiary/aromatic N) is 2. The molecule has 1 heterocycles. The summed E-state index contributed by atoms with van der Waals surface area (Å²) in [6.45, 7) is 18.8. The van der Waals surface area contributed by atoms with E-state index < -0.39 is 0 Å². The van der Waals surface area contributed by atoms with E-state index >= 15 is 0 Å². The Morgan fingerprint density at radius 3 is 1.50 bits per heavy atom. The average molecular weight is 774 g/mol. The van der Waals surface area contributed by atoms with Gasteiger partial charge >= 0.3 is 25.8 Å². The molecule has 1 fully saturated rings. The largest absolute Gasteiger partial charge is 4.00 e. The Hall–Kier alpha value is -4.19. The van der Waals surface area contributed by atoms with Crippen molar-refractivity contribution in [1.82, 2.24) is 5.32 Å². The molecule has 0 radical (unpaired) electrons. The number of hydrogen-bond acceptors (Lipinski definition) is 1. The molecule has 4 nitrogen and oxygen atoms in total. The van der Waals surface area contributed by atoms with Gasteiger partial charge in [-0.2, -0.15) is 73.9 Å². The number of ether oxygens (including phenoxy) is 1. The van der Waals surface area contributed by atoms with Crippen LogP contribution in [0.1, 0.15) is 50.5 Å². The summed E-state index contributed by atoms with van der Waals surface area (Å²) in [5.74, 6) is 0.197. The molecule has 0 aromatic heterocycles. The van der Waals surface area contributed by atoms with Crippen molar-refractivity contribution in [3.8, 4) is 0 Å². The molecule has 1 atom stereocenters. The van der Waals surface area contributed by atoms with Gasteiger partial charge in [-0.15, -0.1) is 36.4 Å². The number of anilines is 1. The van der Waals surface area contributed by atoms with Gasteiger partial charge in [0.25, 0.3) is 0 Å². The molecule has 46 heavy (non-hydrogen) atoms. The summed E-state index contributed by atoms with van der Waals surface area (Å²) in [5, 5.41) is 13.6. The molecule has 1 saturated heterocycles. The fourth-order valence-corrected chi connectivity index (χ4v) is 5.20. The van der Waals surface area contributed by atoms with Crippen LogP contribution in [0.2, 0.25) is 0 Å².